The second-order valence-electron chi connectivity index (χ2n) is 10.2. The van der Waals surface area contributed by atoms with E-state index in [0.717, 1.165) is 36.7 Å². The molecule has 0 atom stereocenters. The average Bonchev–Trinajstić information content (AvgIpc) is 2.84. The zero-order valence-corrected chi connectivity index (χ0v) is 20.5. The number of ether oxygens (including phenoxy) is 1. The number of alkyl halides is 3. The van der Waals surface area contributed by atoms with Crippen molar-refractivity contribution >= 4 is 6.08 Å². The van der Waals surface area contributed by atoms with E-state index in [-0.39, 0.29) is 11.1 Å². The first-order valence-electron chi connectivity index (χ1n) is 12.9. The van der Waals surface area contributed by atoms with Gasteiger partial charge in [0.25, 0.3) is 0 Å². The first kappa shape index (κ1) is 26.6. The molecule has 0 spiro atoms. The molecule has 2 aliphatic carbocycles. The van der Waals surface area contributed by atoms with Crippen LogP contribution in [0.5, 0.6) is 5.75 Å². The molecule has 0 heterocycles. The van der Waals surface area contributed by atoms with Crippen LogP contribution in [-0.2, 0) is 6.42 Å². The fraction of sp³-hybridized carbons (Fsp3) is 0.517. The zero-order valence-electron chi connectivity index (χ0n) is 20.5. The highest BCUT2D eigenvalue weighted by Gasteiger charge is 2.34. The van der Waals surface area contributed by atoms with Crippen LogP contribution in [0.25, 0.3) is 17.2 Å². The second kappa shape index (κ2) is 11.3. The van der Waals surface area contributed by atoms with Gasteiger partial charge in [0.15, 0.2) is 11.6 Å². The summed E-state index contributed by atoms with van der Waals surface area (Å²) >= 11 is 0. The van der Waals surface area contributed by atoms with E-state index in [1.165, 1.54) is 56.6 Å². The highest BCUT2D eigenvalue weighted by Crippen LogP contribution is 2.39. The molecule has 0 aliphatic heterocycles. The molecule has 1 fully saturated rings. The monoisotopic (exact) mass is 510 g/mol. The summed E-state index contributed by atoms with van der Waals surface area (Å²) in [5, 5.41) is 0. The maximum absolute atomic E-state index is 15.3. The van der Waals surface area contributed by atoms with Gasteiger partial charge in [-0.2, -0.15) is 0 Å². The lowest BCUT2D eigenvalue weighted by molar-refractivity contribution is -0.276. The molecule has 0 radical (unpaired) electrons. The zero-order chi connectivity index (χ0) is 25.9. The number of hydrogen-bond acceptors (Lipinski definition) is 1. The molecule has 4 rings (SSSR count). The third kappa shape index (κ3) is 6.46. The molecule has 1 nitrogen and oxygen atoms in total. The lowest BCUT2D eigenvalue weighted by Crippen LogP contribution is -2.19. The van der Waals surface area contributed by atoms with Gasteiger partial charge in [-0.05, 0) is 66.3 Å². The summed E-state index contributed by atoms with van der Waals surface area (Å²) in [6.07, 6.45) is 9.27. The Balaban J connectivity index is 1.43. The summed E-state index contributed by atoms with van der Waals surface area (Å²) in [7, 11) is 0. The number of allylic oxidation sites excluding steroid dienone is 1. The van der Waals surface area contributed by atoms with E-state index in [2.05, 4.69) is 11.7 Å². The second-order valence-corrected chi connectivity index (χ2v) is 10.2. The molecule has 2 aromatic carbocycles. The Labute approximate surface area is 208 Å². The van der Waals surface area contributed by atoms with Crippen LogP contribution in [0, 0.1) is 29.3 Å². The van der Waals surface area contributed by atoms with E-state index < -0.39 is 29.6 Å². The van der Waals surface area contributed by atoms with E-state index in [4.69, 9.17) is 0 Å². The van der Waals surface area contributed by atoms with Crippen molar-refractivity contribution < 1.29 is 31.1 Å². The molecule has 0 aromatic heterocycles. The van der Waals surface area contributed by atoms with Gasteiger partial charge in [-0.15, -0.1) is 13.2 Å². The van der Waals surface area contributed by atoms with Crippen molar-refractivity contribution in [2.24, 2.45) is 11.8 Å². The molecule has 1 saturated carbocycles. The minimum absolute atomic E-state index is 0.0539. The maximum Gasteiger partial charge on any atom is 0.573 e. The summed E-state index contributed by atoms with van der Waals surface area (Å²) in [6.45, 7) is 2.24. The number of halogens is 6. The minimum atomic E-state index is -5.24. The standard InChI is InChI=1S/C29H32F6O/c1-2-3-4-18-5-7-19(8-6-18)9-10-20-11-13-23-21(15-20)12-14-24(27(23)32)22-16-25(30)28(26(31)17-22)36-29(33,34)35/h12,14-19H,2-11,13H2,1H3. The van der Waals surface area contributed by atoms with Crippen molar-refractivity contribution in [3.8, 4) is 16.9 Å². The maximum atomic E-state index is 15.3. The molecular formula is C29H32F6O. The van der Waals surface area contributed by atoms with Crippen LogP contribution in [-0.4, -0.2) is 6.36 Å². The lowest BCUT2D eigenvalue weighted by atomic mass is 9.77. The summed E-state index contributed by atoms with van der Waals surface area (Å²) in [5.41, 5.74) is 2.27. The van der Waals surface area contributed by atoms with E-state index in [0.29, 0.717) is 24.1 Å². The Morgan fingerprint density at radius 2 is 1.53 bits per heavy atom. The van der Waals surface area contributed by atoms with Crippen LogP contribution >= 0.6 is 0 Å². The van der Waals surface area contributed by atoms with Gasteiger partial charge in [-0.1, -0.05) is 75.7 Å². The predicted octanol–water partition coefficient (Wildman–Crippen LogP) is 9.78. The summed E-state index contributed by atoms with van der Waals surface area (Å²) in [6, 6.07) is 4.46. The van der Waals surface area contributed by atoms with Gasteiger partial charge in [0.2, 0.25) is 5.75 Å². The van der Waals surface area contributed by atoms with Crippen LogP contribution < -0.4 is 4.74 Å². The smallest absolute Gasteiger partial charge is 0.399 e. The minimum Gasteiger partial charge on any atom is -0.399 e. The summed E-state index contributed by atoms with van der Waals surface area (Å²) < 4.78 is 84.3. The topological polar surface area (TPSA) is 9.23 Å². The largest absolute Gasteiger partial charge is 0.573 e. The van der Waals surface area contributed by atoms with Gasteiger partial charge in [-0.25, -0.2) is 13.2 Å². The van der Waals surface area contributed by atoms with Crippen molar-refractivity contribution in [2.75, 3.05) is 0 Å². The average molecular weight is 511 g/mol. The molecule has 2 aromatic rings. The number of hydrogen-bond donors (Lipinski definition) is 0. The molecular weight excluding hydrogens is 478 g/mol. The lowest BCUT2D eigenvalue weighted by Gasteiger charge is -2.29. The Kier molecular flexibility index (Phi) is 8.36. The third-order valence-corrected chi connectivity index (χ3v) is 7.67. The Bertz CT molecular complexity index is 1070. The highest BCUT2D eigenvalue weighted by molar-refractivity contribution is 5.71. The fourth-order valence-corrected chi connectivity index (χ4v) is 5.64. The molecule has 36 heavy (non-hydrogen) atoms. The van der Waals surface area contributed by atoms with Gasteiger partial charge in [0, 0.05) is 5.56 Å². The highest BCUT2D eigenvalue weighted by atomic mass is 19.4. The van der Waals surface area contributed by atoms with E-state index in [1.807, 2.05) is 6.08 Å². The third-order valence-electron chi connectivity index (χ3n) is 7.67. The normalized spacial score (nSPS) is 20.1. The molecule has 0 saturated heterocycles. The first-order chi connectivity index (χ1) is 17.1. The Hall–Kier alpha value is -2.44. The van der Waals surface area contributed by atoms with Crippen molar-refractivity contribution in [2.45, 2.75) is 83.9 Å². The number of rotatable bonds is 8. The number of fused-ring (bicyclic) bond motifs is 1. The van der Waals surface area contributed by atoms with Crippen molar-refractivity contribution in [1.29, 1.82) is 0 Å². The first-order valence-corrected chi connectivity index (χ1v) is 12.9. The molecule has 7 heteroatoms. The summed E-state index contributed by atoms with van der Waals surface area (Å²) in [5.74, 6) is -3.60. The molecule has 0 N–H and O–H groups in total. The van der Waals surface area contributed by atoms with Crippen molar-refractivity contribution in [3.63, 3.8) is 0 Å². The Morgan fingerprint density at radius 1 is 0.889 bits per heavy atom. The number of benzene rings is 2. The van der Waals surface area contributed by atoms with Gasteiger partial charge < -0.3 is 4.74 Å². The van der Waals surface area contributed by atoms with Crippen LogP contribution in [0.4, 0.5) is 26.3 Å². The molecule has 0 unspecified atom stereocenters. The van der Waals surface area contributed by atoms with Crippen molar-refractivity contribution in [3.05, 3.63) is 58.4 Å². The molecule has 196 valence electrons. The van der Waals surface area contributed by atoms with E-state index in [9.17, 15) is 22.0 Å². The van der Waals surface area contributed by atoms with Crippen LogP contribution in [0.15, 0.2) is 29.8 Å². The van der Waals surface area contributed by atoms with Crippen LogP contribution in [0.2, 0.25) is 0 Å². The van der Waals surface area contributed by atoms with Gasteiger partial charge >= 0.3 is 6.36 Å². The van der Waals surface area contributed by atoms with Gasteiger partial charge in [0.05, 0.1) is 0 Å². The predicted molar refractivity (Wildman–Crippen MR) is 129 cm³/mol. The van der Waals surface area contributed by atoms with Crippen LogP contribution in [0.1, 0.15) is 82.3 Å². The SMILES string of the molecule is CCCCC1CCC(CCC2=Cc3ccc(-c4cc(F)c(OC(F)(F)F)c(F)c4)c(F)c3CC2)CC1. The summed E-state index contributed by atoms with van der Waals surface area (Å²) in [4.78, 5) is 0. The van der Waals surface area contributed by atoms with Gasteiger partial charge in [0.1, 0.15) is 5.82 Å². The van der Waals surface area contributed by atoms with Crippen LogP contribution in [0.3, 0.4) is 0 Å². The quantitative estimate of drug-likeness (QED) is 0.321. The van der Waals surface area contributed by atoms with Gasteiger partial charge in [-0.3, -0.25) is 0 Å². The van der Waals surface area contributed by atoms with Crippen molar-refractivity contribution in [1.82, 2.24) is 0 Å². The Morgan fingerprint density at radius 3 is 2.14 bits per heavy atom. The van der Waals surface area contributed by atoms with E-state index >= 15 is 4.39 Å². The fourth-order valence-electron chi connectivity index (χ4n) is 5.64. The number of unbranched alkanes of at least 4 members (excludes halogenated alkanes) is 1. The molecule has 0 amide bonds. The van der Waals surface area contributed by atoms with E-state index in [1.54, 1.807) is 6.07 Å². The molecule has 2 aliphatic rings. The molecule has 0 bridgehead atoms.